The van der Waals surface area contributed by atoms with E-state index in [9.17, 15) is 4.79 Å². The highest BCUT2D eigenvalue weighted by molar-refractivity contribution is 5.91. The van der Waals surface area contributed by atoms with Crippen molar-refractivity contribution in [1.82, 2.24) is 24.9 Å². The normalized spacial score (nSPS) is 18.3. The Hall–Kier alpha value is -2.54. The fourth-order valence-electron chi connectivity index (χ4n) is 3.23. The standard InChI is InChI=1S/C19H25N5O2/c1-14-9-16(11-20-10-14)6-7-19(25)23(3)17-5-4-8-24(12-17)13-18-21-15(2)26-22-18/h6-7,9-11,17H,4-5,8,12-13H2,1-3H3/b7-6+. The first-order chi connectivity index (χ1) is 12.5. The monoisotopic (exact) mass is 355 g/mol. The zero-order valence-corrected chi connectivity index (χ0v) is 15.6. The lowest BCUT2D eigenvalue weighted by atomic mass is 10.0. The van der Waals surface area contributed by atoms with Gasteiger partial charge in [0.05, 0.1) is 6.54 Å². The zero-order chi connectivity index (χ0) is 18.5. The number of rotatable bonds is 5. The van der Waals surface area contributed by atoms with Crippen LogP contribution in [0.15, 0.2) is 29.1 Å². The smallest absolute Gasteiger partial charge is 0.246 e. The number of nitrogens with zero attached hydrogens (tertiary/aromatic N) is 5. The molecule has 2 aromatic rings. The van der Waals surface area contributed by atoms with Crippen molar-refractivity contribution in [3.63, 3.8) is 0 Å². The minimum Gasteiger partial charge on any atom is -0.340 e. The molecule has 3 heterocycles. The number of carbonyl (C=O) groups excluding carboxylic acids is 1. The van der Waals surface area contributed by atoms with E-state index in [1.54, 1.807) is 25.4 Å². The lowest BCUT2D eigenvalue weighted by Gasteiger charge is -2.36. The van der Waals surface area contributed by atoms with E-state index in [0.717, 1.165) is 37.1 Å². The second kappa shape index (κ2) is 8.23. The van der Waals surface area contributed by atoms with E-state index >= 15 is 0 Å². The number of pyridine rings is 1. The molecule has 26 heavy (non-hydrogen) atoms. The number of likely N-dealkylation sites (N-methyl/N-ethyl adjacent to an activating group) is 1. The molecule has 0 N–H and O–H groups in total. The first kappa shape index (κ1) is 18.3. The second-order valence-electron chi connectivity index (χ2n) is 6.84. The van der Waals surface area contributed by atoms with Crippen LogP contribution in [0.25, 0.3) is 6.08 Å². The van der Waals surface area contributed by atoms with Crippen molar-refractivity contribution < 1.29 is 9.32 Å². The Morgan fingerprint density at radius 1 is 1.42 bits per heavy atom. The van der Waals surface area contributed by atoms with E-state index in [2.05, 4.69) is 20.0 Å². The van der Waals surface area contributed by atoms with Crippen molar-refractivity contribution >= 4 is 12.0 Å². The van der Waals surface area contributed by atoms with Crippen molar-refractivity contribution in [2.75, 3.05) is 20.1 Å². The van der Waals surface area contributed by atoms with Crippen LogP contribution in [-0.4, -0.2) is 57.0 Å². The molecular formula is C19H25N5O2. The average Bonchev–Trinajstić information content (AvgIpc) is 3.04. The van der Waals surface area contributed by atoms with Gasteiger partial charge in [-0.05, 0) is 49.6 Å². The first-order valence-corrected chi connectivity index (χ1v) is 8.89. The number of aryl methyl sites for hydroxylation is 2. The van der Waals surface area contributed by atoms with Crippen molar-refractivity contribution in [2.24, 2.45) is 0 Å². The van der Waals surface area contributed by atoms with Crippen LogP contribution in [0.4, 0.5) is 0 Å². The molecule has 1 amide bonds. The van der Waals surface area contributed by atoms with Gasteiger partial charge in [-0.15, -0.1) is 0 Å². The van der Waals surface area contributed by atoms with Gasteiger partial charge in [-0.1, -0.05) is 5.16 Å². The van der Waals surface area contributed by atoms with Crippen LogP contribution >= 0.6 is 0 Å². The lowest BCUT2D eigenvalue weighted by molar-refractivity contribution is -0.127. The van der Waals surface area contributed by atoms with E-state index in [1.807, 2.05) is 31.0 Å². The van der Waals surface area contributed by atoms with Gasteiger partial charge in [-0.25, -0.2) is 0 Å². The summed E-state index contributed by atoms with van der Waals surface area (Å²) in [7, 11) is 1.87. The SMILES string of the molecule is Cc1cncc(/C=C/C(=O)N(C)C2CCCN(Cc3noc(C)n3)C2)c1. The Labute approximate surface area is 153 Å². The van der Waals surface area contributed by atoms with Gasteiger partial charge in [0.2, 0.25) is 11.8 Å². The fraction of sp³-hybridized carbons (Fsp3) is 0.474. The summed E-state index contributed by atoms with van der Waals surface area (Å²) >= 11 is 0. The molecule has 3 rings (SSSR count). The topological polar surface area (TPSA) is 75.4 Å². The van der Waals surface area contributed by atoms with Gasteiger partial charge >= 0.3 is 0 Å². The van der Waals surface area contributed by atoms with Crippen LogP contribution in [-0.2, 0) is 11.3 Å². The van der Waals surface area contributed by atoms with Gasteiger partial charge in [0.15, 0.2) is 5.82 Å². The summed E-state index contributed by atoms with van der Waals surface area (Å²) in [5, 5.41) is 3.96. The summed E-state index contributed by atoms with van der Waals surface area (Å²) in [6.07, 6.45) is 9.05. The third-order valence-electron chi connectivity index (χ3n) is 4.63. The molecule has 138 valence electrons. The molecular weight excluding hydrogens is 330 g/mol. The van der Waals surface area contributed by atoms with Gasteiger partial charge in [0, 0.05) is 45.0 Å². The van der Waals surface area contributed by atoms with Gasteiger partial charge in [0.25, 0.3) is 0 Å². The molecule has 1 unspecified atom stereocenters. The van der Waals surface area contributed by atoms with E-state index in [-0.39, 0.29) is 11.9 Å². The number of hydrogen-bond acceptors (Lipinski definition) is 6. The molecule has 0 saturated carbocycles. The molecule has 2 aromatic heterocycles. The molecule has 1 fully saturated rings. The Bertz CT molecular complexity index is 786. The summed E-state index contributed by atoms with van der Waals surface area (Å²) < 4.78 is 5.03. The van der Waals surface area contributed by atoms with E-state index < -0.39 is 0 Å². The third kappa shape index (κ3) is 4.76. The number of likely N-dealkylation sites (tertiary alicyclic amines) is 1. The van der Waals surface area contributed by atoms with E-state index in [4.69, 9.17) is 4.52 Å². The Morgan fingerprint density at radius 2 is 2.27 bits per heavy atom. The van der Waals surface area contributed by atoms with Gasteiger partial charge < -0.3 is 9.42 Å². The van der Waals surface area contributed by atoms with Crippen LogP contribution in [0.5, 0.6) is 0 Å². The van der Waals surface area contributed by atoms with Crippen LogP contribution < -0.4 is 0 Å². The largest absolute Gasteiger partial charge is 0.340 e. The molecule has 1 atom stereocenters. The summed E-state index contributed by atoms with van der Waals surface area (Å²) in [6.45, 7) is 6.23. The number of piperidine rings is 1. The number of hydrogen-bond donors (Lipinski definition) is 0. The molecule has 7 nitrogen and oxygen atoms in total. The maximum atomic E-state index is 12.5. The van der Waals surface area contributed by atoms with Crippen LogP contribution in [0, 0.1) is 13.8 Å². The Kier molecular flexibility index (Phi) is 5.78. The van der Waals surface area contributed by atoms with Crippen molar-refractivity contribution in [3.05, 3.63) is 47.4 Å². The Morgan fingerprint density at radius 3 is 3.00 bits per heavy atom. The molecule has 0 spiro atoms. The maximum Gasteiger partial charge on any atom is 0.246 e. The van der Waals surface area contributed by atoms with Crippen molar-refractivity contribution in [3.8, 4) is 0 Å². The Balaban J connectivity index is 1.57. The second-order valence-corrected chi connectivity index (χ2v) is 6.84. The predicted octanol–water partition coefficient (Wildman–Crippen LogP) is 2.22. The fourth-order valence-corrected chi connectivity index (χ4v) is 3.23. The zero-order valence-electron chi connectivity index (χ0n) is 15.6. The van der Waals surface area contributed by atoms with E-state index in [1.165, 1.54) is 0 Å². The molecule has 1 aliphatic rings. The van der Waals surface area contributed by atoms with Crippen LogP contribution in [0.1, 0.15) is 35.7 Å². The minimum atomic E-state index is 0.00811. The molecule has 0 bridgehead atoms. The number of aromatic nitrogens is 3. The quantitative estimate of drug-likeness (QED) is 0.766. The summed E-state index contributed by atoms with van der Waals surface area (Å²) in [4.78, 5) is 25.0. The molecule has 1 aliphatic heterocycles. The summed E-state index contributed by atoms with van der Waals surface area (Å²) in [5.74, 6) is 1.29. The highest BCUT2D eigenvalue weighted by Gasteiger charge is 2.26. The highest BCUT2D eigenvalue weighted by atomic mass is 16.5. The van der Waals surface area contributed by atoms with Gasteiger partial charge in [0.1, 0.15) is 0 Å². The predicted molar refractivity (Wildman–Crippen MR) is 98.1 cm³/mol. The maximum absolute atomic E-state index is 12.5. The molecule has 0 radical (unpaired) electrons. The highest BCUT2D eigenvalue weighted by Crippen LogP contribution is 2.17. The minimum absolute atomic E-state index is 0.00811. The van der Waals surface area contributed by atoms with Crippen LogP contribution in [0.2, 0.25) is 0 Å². The third-order valence-corrected chi connectivity index (χ3v) is 4.63. The van der Waals surface area contributed by atoms with E-state index in [0.29, 0.717) is 18.3 Å². The average molecular weight is 355 g/mol. The van der Waals surface area contributed by atoms with Crippen molar-refractivity contribution in [2.45, 2.75) is 39.3 Å². The molecule has 7 heteroatoms. The lowest BCUT2D eigenvalue weighted by Crippen LogP contribution is -2.47. The summed E-state index contributed by atoms with van der Waals surface area (Å²) in [5.41, 5.74) is 2.01. The molecule has 0 aliphatic carbocycles. The number of amides is 1. The van der Waals surface area contributed by atoms with Crippen molar-refractivity contribution in [1.29, 1.82) is 0 Å². The van der Waals surface area contributed by atoms with Gasteiger partial charge in [-0.2, -0.15) is 4.98 Å². The molecule has 0 aromatic carbocycles. The first-order valence-electron chi connectivity index (χ1n) is 8.89. The summed E-state index contributed by atoms with van der Waals surface area (Å²) in [6, 6.07) is 2.19. The number of carbonyl (C=O) groups is 1. The van der Waals surface area contributed by atoms with Gasteiger partial charge in [-0.3, -0.25) is 14.7 Å². The van der Waals surface area contributed by atoms with Crippen LogP contribution in [0.3, 0.4) is 0 Å². The molecule has 1 saturated heterocycles.